The van der Waals surface area contributed by atoms with E-state index in [-0.39, 0.29) is 17.9 Å². The fourth-order valence-electron chi connectivity index (χ4n) is 5.78. The second kappa shape index (κ2) is 12.2. The monoisotopic (exact) mass is 583 g/mol. The highest BCUT2D eigenvalue weighted by Gasteiger charge is 2.39. The molecule has 0 saturated carbocycles. The van der Waals surface area contributed by atoms with Crippen LogP contribution in [0.1, 0.15) is 54.3 Å². The van der Waals surface area contributed by atoms with Gasteiger partial charge < -0.3 is 14.2 Å². The summed E-state index contributed by atoms with van der Waals surface area (Å²) >= 11 is 0. The van der Waals surface area contributed by atoms with Gasteiger partial charge in [0.15, 0.2) is 0 Å². The molecule has 222 valence electrons. The van der Waals surface area contributed by atoms with E-state index in [9.17, 15) is 4.79 Å². The van der Waals surface area contributed by atoms with Crippen LogP contribution in [0.2, 0.25) is 0 Å². The molecule has 6 rings (SSSR count). The Morgan fingerprint density at radius 3 is 2.23 bits per heavy atom. The number of rotatable bonds is 9. The topological polar surface area (TPSA) is 76.0 Å². The molecule has 2 heterocycles. The molecule has 7 nitrogen and oxygen atoms in total. The number of carbonyl (C=O) groups excluding carboxylic acids is 1. The molecule has 0 radical (unpaired) electrons. The molecule has 0 aliphatic carbocycles. The Morgan fingerprint density at radius 1 is 0.909 bits per heavy atom. The minimum atomic E-state index is -0.395. The highest BCUT2D eigenvalue weighted by Crippen LogP contribution is 2.41. The van der Waals surface area contributed by atoms with Crippen molar-refractivity contribution in [3.8, 4) is 17.0 Å². The molecule has 6 aromatic rings. The maximum Gasteiger partial charge on any atom is 0.254 e. The van der Waals surface area contributed by atoms with Crippen LogP contribution >= 0.6 is 0 Å². The van der Waals surface area contributed by atoms with E-state index < -0.39 is 6.04 Å². The largest absolute Gasteiger partial charge is 0.497 e. The Balaban J connectivity index is 1.53. The number of carbonyl (C=O) groups is 1. The quantitative estimate of drug-likeness (QED) is 0.188. The van der Waals surface area contributed by atoms with Crippen molar-refractivity contribution >= 4 is 16.8 Å². The molecule has 0 unspecified atom stereocenters. The number of hydrogen-bond acceptors (Lipinski definition) is 4. The van der Waals surface area contributed by atoms with E-state index in [4.69, 9.17) is 9.72 Å². The molecule has 0 aliphatic heterocycles. The number of aromatic nitrogens is 4. The van der Waals surface area contributed by atoms with E-state index >= 15 is 0 Å². The first-order valence-corrected chi connectivity index (χ1v) is 14.9. The Kier molecular flexibility index (Phi) is 8.03. The van der Waals surface area contributed by atoms with E-state index in [1.807, 2.05) is 89.8 Å². The number of imidazole rings is 1. The van der Waals surface area contributed by atoms with Crippen LogP contribution in [-0.2, 0) is 13.1 Å². The van der Waals surface area contributed by atoms with Crippen LogP contribution < -0.4 is 4.74 Å². The fraction of sp³-hybridized carbons (Fsp3) is 0.216. The van der Waals surface area contributed by atoms with Crippen LogP contribution in [0.3, 0.4) is 0 Å². The molecule has 1 N–H and O–H groups in total. The van der Waals surface area contributed by atoms with Crippen LogP contribution in [0.5, 0.6) is 5.75 Å². The van der Waals surface area contributed by atoms with E-state index in [1.165, 1.54) is 0 Å². The van der Waals surface area contributed by atoms with Crippen LogP contribution in [0.25, 0.3) is 22.2 Å². The second-order valence-electron chi connectivity index (χ2n) is 12.1. The first-order valence-electron chi connectivity index (χ1n) is 14.9. The number of ether oxygens (including phenoxy) is 1. The van der Waals surface area contributed by atoms with E-state index in [0.29, 0.717) is 12.1 Å². The lowest BCUT2D eigenvalue weighted by Gasteiger charge is -2.40. The Bertz CT molecular complexity index is 1850. The average molecular weight is 584 g/mol. The molecular formula is C37H37N5O2. The van der Waals surface area contributed by atoms with Gasteiger partial charge in [0.05, 0.1) is 36.6 Å². The number of fused-ring (bicyclic) bond motifs is 1. The maximum absolute atomic E-state index is 14.6. The molecule has 44 heavy (non-hydrogen) atoms. The van der Waals surface area contributed by atoms with Crippen LogP contribution in [0.4, 0.5) is 0 Å². The van der Waals surface area contributed by atoms with Crippen molar-refractivity contribution in [3.63, 3.8) is 0 Å². The van der Waals surface area contributed by atoms with Gasteiger partial charge in [-0.05, 0) is 41.3 Å². The minimum Gasteiger partial charge on any atom is -0.497 e. The zero-order chi connectivity index (χ0) is 30.7. The molecule has 1 atom stereocenters. The van der Waals surface area contributed by atoms with Crippen LogP contribution in [0.15, 0.2) is 115 Å². The molecule has 0 saturated heterocycles. The number of nitrogens with one attached hydrogen (secondary N) is 1. The summed E-state index contributed by atoms with van der Waals surface area (Å²) in [5.41, 5.74) is 4.93. The number of aromatic amines is 1. The smallest absolute Gasteiger partial charge is 0.254 e. The van der Waals surface area contributed by atoms with Gasteiger partial charge in [0.2, 0.25) is 0 Å². The number of nitrogens with zero attached hydrogens (tertiary/aromatic N) is 4. The van der Waals surface area contributed by atoms with Crippen molar-refractivity contribution < 1.29 is 9.53 Å². The number of amides is 1. The second-order valence-corrected chi connectivity index (χ2v) is 12.1. The van der Waals surface area contributed by atoms with Gasteiger partial charge >= 0.3 is 0 Å². The van der Waals surface area contributed by atoms with Crippen molar-refractivity contribution in [1.29, 1.82) is 0 Å². The van der Waals surface area contributed by atoms with Gasteiger partial charge in [-0.1, -0.05) is 99.6 Å². The summed E-state index contributed by atoms with van der Waals surface area (Å²) in [4.78, 5) is 21.8. The van der Waals surface area contributed by atoms with Crippen molar-refractivity contribution in [2.45, 2.75) is 39.9 Å². The van der Waals surface area contributed by atoms with Gasteiger partial charge in [0.1, 0.15) is 11.6 Å². The number of H-pyrrole nitrogens is 1. The highest BCUT2D eigenvalue weighted by atomic mass is 16.5. The molecule has 4 aromatic carbocycles. The summed E-state index contributed by atoms with van der Waals surface area (Å²) < 4.78 is 7.72. The number of benzene rings is 4. The summed E-state index contributed by atoms with van der Waals surface area (Å²) in [6, 6.07) is 35.4. The maximum atomic E-state index is 14.6. The molecule has 0 spiro atoms. The first kappa shape index (κ1) is 28.9. The highest BCUT2D eigenvalue weighted by molar-refractivity contribution is 5.95. The lowest BCUT2D eigenvalue weighted by Crippen LogP contribution is -2.42. The third kappa shape index (κ3) is 5.99. The molecular weight excluding hydrogens is 546 g/mol. The van der Waals surface area contributed by atoms with Gasteiger partial charge in [-0.25, -0.2) is 4.98 Å². The Labute approximate surface area is 258 Å². The lowest BCUT2D eigenvalue weighted by molar-refractivity contribution is 0.0453. The Hall–Kier alpha value is -5.17. The number of methoxy groups -OCH3 is 1. The van der Waals surface area contributed by atoms with Gasteiger partial charge in [0.25, 0.3) is 5.91 Å². The summed E-state index contributed by atoms with van der Waals surface area (Å²) in [5.74, 6) is 1.47. The van der Waals surface area contributed by atoms with E-state index in [0.717, 1.165) is 45.0 Å². The van der Waals surface area contributed by atoms with Gasteiger partial charge in [-0.15, -0.1) is 0 Å². The van der Waals surface area contributed by atoms with Crippen molar-refractivity contribution in [2.75, 3.05) is 7.11 Å². The van der Waals surface area contributed by atoms with Gasteiger partial charge in [-0.3, -0.25) is 9.89 Å². The lowest BCUT2D eigenvalue weighted by atomic mass is 9.84. The molecule has 1 amide bonds. The van der Waals surface area contributed by atoms with Crippen molar-refractivity contribution in [1.82, 2.24) is 24.6 Å². The molecule has 0 bridgehead atoms. The van der Waals surface area contributed by atoms with E-state index in [2.05, 4.69) is 66.0 Å². The van der Waals surface area contributed by atoms with E-state index in [1.54, 1.807) is 7.11 Å². The normalized spacial score (nSPS) is 12.3. The van der Waals surface area contributed by atoms with Crippen LogP contribution in [0, 0.1) is 5.41 Å². The standard InChI is InChI=1S/C37H37N5O2/c1-37(2,3)34(35-38-32(27-16-10-6-11-17-27)24-41(35)23-26-14-8-5-9-15-26)42(36(43)28-18-12-7-13-19-28)25-33-30-22-29(44-4)20-21-31(30)39-40-33/h5-22,24,34H,23,25H2,1-4H3,(H,39,40)/t34-/m0/s1. The third-order valence-corrected chi connectivity index (χ3v) is 7.90. The van der Waals surface area contributed by atoms with Crippen LogP contribution in [-0.4, -0.2) is 37.7 Å². The fourth-order valence-corrected chi connectivity index (χ4v) is 5.78. The SMILES string of the molecule is COc1ccc2[nH]nc(CN(C(=O)c3ccccc3)[C@@H](c3nc(-c4ccccc4)cn3Cc3ccccc3)C(C)(C)C)c2c1. The summed E-state index contributed by atoms with van der Waals surface area (Å²) in [7, 11) is 1.65. The zero-order valence-corrected chi connectivity index (χ0v) is 25.6. The molecule has 7 heteroatoms. The zero-order valence-electron chi connectivity index (χ0n) is 25.6. The average Bonchev–Trinajstić information content (AvgIpc) is 3.64. The summed E-state index contributed by atoms with van der Waals surface area (Å²) in [6.45, 7) is 7.40. The Morgan fingerprint density at radius 2 is 1.57 bits per heavy atom. The van der Waals surface area contributed by atoms with Gasteiger partial charge in [0, 0.05) is 29.3 Å². The first-order chi connectivity index (χ1) is 21.3. The van der Waals surface area contributed by atoms with Crippen molar-refractivity contribution in [3.05, 3.63) is 138 Å². The summed E-state index contributed by atoms with van der Waals surface area (Å²) in [5, 5.41) is 8.75. The van der Waals surface area contributed by atoms with Crippen molar-refractivity contribution in [2.24, 2.45) is 5.41 Å². The predicted molar refractivity (Wildman–Crippen MR) is 174 cm³/mol. The molecule has 2 aromatic heterocycles. The third-order valence-electron chi connectivity index (χ3n) is 7.90. The summed E-state index contributed by atoms with van der Waals surface area (Å²) in [6.07, 6.45) is 2.11. The molecule has 0 aliphatic rings. The molecule has 0 fully saturated rings. The minimum absolute atomic E-state index is 0.0832. The van der Waals surface area contributed by atoms with Gasteiger partial charge in [-0.2, -0.15) is 5.10 Å². The number of hydrogen-bond donors (Lipinski definition) is 1. The predicted octanol–water partition coefficient (Wildman–Crippen LogP) is 7.91.